The molecule has 3 N–H and O–H groups in total. The molecule has 172 valence electrons. The van der Waals surface area contributed by atoms with E-state index >= 15 is 0 Å². The average molecular weight is 470 g/mol. The molecule has 33 heavy (non-hydrogen) atoms. The summed E-state index contributed by atoms with van der Waals surface area (Å²) in [6, 6.07) is 7.55. The van der Waals surface area contributed by atoms with E-state index in [0.717, 1.165) is 11.1 Å². The Hall–Kier alpha value is -3.54. The van der Waals surface area contributed by atoms with Gasteiger partial charge >= 0.3 is 5.69 Å². The van der Waals surface area contributed by atoms with Crippen molar-refractivity contribution in [2.75, 3.05) is 23.7 Å². The standard InChI is InChI=1S/C21H23N7O4S/c1-26-17-15(18(30)25-20(26)31)28(19(24-17)27-8-6-12(7-9-27)16(22)29)10-11-33-21-23-13-4-2-3-5-14(13)32-21/h2-5,12H,6-11H2,1H3,(H2,22,29)(H,25,30,31). The lowest BCUT2D eigenvalue weighted by atomic mass is 9.96. The molecule has 0 radical (unpaired) electrons. The molecule has 12 heteroatoms. The van der Waals surface area contributed by atoms with Gasteiger partial charge in [0, 0.05) is 38.4 Å². The second-order valence-electron chi connectivity index (χ2n) is 8.01. The number of carbonyl (C=O) groups excluding carboxylic acids is 1. The number of anilines is 1. The first-order valence-corrected chi connectivity index (χ1v) is 11.6. The summed E-state index contributed by atoms with van der Waals surface area (Å²) < 4.78 is 8.94. The van der Waals surface area contributed by atoms with Crippen LogP contribution in [0.5, 0.6) is 0 Å². The van der Waals surface area contributed by atoms with E-state index in [0.29, 0.717) is 60.6 Å². The van der Waals surface area contributed by atoms with Gasteiger partial charge in [0.1, 0.15) is 5.52 Å². The first-order valence-electron chi connectivity index (χ1n) is 10.6. The maximum atomic E-state index is 12.7. The Bertz CT molecular complexity index is 1430. The van der Waals surface area contributed by atoms with Crippen LogP contribution in [0.3, 0.4) is 0 Å². The molecule has 1 saturated heterocycles. The quantitative estimate of drug-likeness (QED) is 0.399. The number of nitrogens with two attached hydrogens (primary N) is 1. The predicted octanol–water partition coefficient (Wildman–Crippen LogP) is 1.06. The zero-order valence-electron chi connectivity index (χ0n) is 18.0. The Labute approximate surface area is 191 Å². The topological polar surface area (TPSA) is 145 Å². The van der Waals surface area contributed by atoms with Crippen LogP contribution in [0, 0.1) is 5.92 Å². The van der Waals surface area contributed by atoms with Gasteiger partial charge in [0.2, 0.25) is 11.9 Å². The lowest BCUT2D eigenvalue weighted by molar-refractivity contribution is -0.122. The van der Waals surface area contributed by atoms with E-state index in [1.165, 1.54) is 16.3 Å². The first kappa shape index (κ1) is 21.3. The number of fused-ring (bicyclic) bond motifs is 2. The molecule has 4 heterocycles. The van der Waals surface area contributed by atoms with Gasteiger partial charge in [0.05, 0.1) is 0 Å². The lowest BCUT2D eigenvalue weighted by Gasteiger charge is -2.31. The molecule has 1 aliphatic heterocycles. The summed E-state index contributed by atoms with van der Waals surface area (Å²) in [6.07, 6.45) is 1.23. The number of aromatic nitrogens is 5. The summed E-state index contributed by atoms with van der Waals surface area (Å²) in [4.78, 5) is 49.9. The minimum absolute atomic E-state index is 0.165. The summed E-state index contributed by atoms with van der Waals surface area (Å²) in [7, 11) is 1.58. The van der Waals surface area contributed by atoms with E-state index in [-0.39, 0.29) is 11.8 Å². The number of aromatic amines is 1. The molecule has 0 atom stereocenters. The average Bonchev–Trinajstić information content (AvgIpc) is 3.39. The molecular formula is C21H23N7O4S. The van der Waals surface area contributed by atoms with Crippen molar-refractivity contribution in [1.82, 2.24) is 24.1 Å². The number of nitrogens with one attached hydrogen (secondary N) is 1. The van der Waals surface area contributed by atoms with Crippen molar-refractivity contribution in [2.24, 2.45) is 18.7 Å². The van der Waals surface area contributed by atoms with Gasteiger partial charge < -0.3 is 19.6 Å². The maximum Gasteiger partial charge on any atom is 0.329 e. The molecule has 1 aliphatic rings. The van der Waals surface area contributed by atoms with Crippen molar-refractivity contribution in [3.8, 4) is 0 Å². The summed E-state index contributed by atoms with van der Waals surface area (Å²) in [5.41, 5.74) is 6.64. The number of primary amides is 1. The van der Waals surface area contributed by atoms with Crippen LogP contribution in [0.15, 0.2) is 43.5 Å². The normalized spacial score (nSPS) is 15.0. The fourth-order valence-electron chi connectivity index (χ4n) is 4.18. The van der Waals surface area contributed by atoms with Crippen molar-refractivity contribution in [2.45, 2.75) is 24.6 Å². The van der Waals surface area contributed by atoms with Crippen molar-refractivity contribution in [3.05, 3.63) is 45.1 Å². The molecule has 0 spiro atoms. The smallest absolute Gasteiger partial charge is 0.329 e. The number of carbonyl (C=O) groups is 1. The highest BCUT2D eigenvalue weighted by atomic mass is 32.2. The van der Waals surface area contributed by atoms with Crippen molar-refractivity contribution in [1.29, 1.82) is 0 Å². The summed E-state index contributed by atoms with van der Waals surface area (Å²) >= 11 is 1.44. The molecule has 11 nitrogen and oxygen atoms in total. The molecule has 3 aromatic heterocycles. The molecule has 0 saturated carbocycles. The summed E-state index contributed by atoms with van der Waals surface area (Å²) in [5, 5.41) is 0.547. The molecule has 1 fully saturated rings. The number of aryl methyl sites for hydroxylation is 2. The number of amides is 1. The summed E-state index contributed by atoms with van der Waals surface area (Å²) in [5.74, 6) is 0.710. The molecule has 5 rings (SSSR count). The number of para-hydroxylation sites is 2. The van der Waals surface area contributed by atoms with Crippen LogP contribution in [0.4, 0.5) is 5.95 Å². The Balaban J connectivity index is 1.45. The van der Waals surface area contributed by atoms with Crippen molar-refractivity contribution < 1.29 is 9.21 Å². The minimum Gasteiger partial charge on any atom is -0.431 e. The SMILES string of the molecule is Cn1c(=O)[nH]c(=O)c2c1nc(N1CCC(C(N)=O)CC1)n2CCSc1nc2ccccc2o1. The molecule has 1 amide bonds. The second kappa shape index (κ2) is 8.43. The van der Waals surface area contributed by atoms with Gasteiger partial charge in [-0.3, -0.25) is 19.1 Å². The zero-order chi connectivity index (χ0) is 23.1. The van der Waals surface area contributed by atoms with E-state index < -0.39 is 11.2 Å². The molecule has 0 aliphatic carbocycles. The predicted molar refractivity (Wildman–Crippen MR) is 124 cm³/mol. The lowest BCUT2D eigenvalue weighted by Crippen LogP contribution is -2.39. The van der Waals surface area contributed by atoms with E-state index in [1.807, 2.05) is 33.7 Å². The Morgan fingerprint density at radius 2 is 2.00 bits per heavy atom. The van der Waals surface area contributed by atoms with Gasteiger partial charge in [0.15, 0.2) is 16.7 Å². The number of imidazole rings is 1. The van der Waals surface area contributed by atoms with Crippen LogP contribution in [0.2, 0.25) is 0 Å². The van der Waals surface area contributed by atoms with Crippen LogP contribution in [0.25, 0.3) is 22.3 Å². The summed E-state index contributed by atoms with van der Waals surface area (Å²) in [6.45, 7) is 1.62. The van der Waals surface area contributed by atoms with Gasteiger partial charge in [-0.2, -0.15) is 4.98 Å². The van der Waals surface area contributed by atoms with Gasteiger partial charge in [-0.25, -0.2) is 9.78 Å². The van der Waals surface area contributed by atoms with Crippen molar-refractivity contribution in [3.63, 3.8) is 0 Å². The molecule has 0 unspecified atom stereocenters. The number of rotatable bonds is 6. The molecule has 4 aromatic rings. The number of oxazole rings is 1. The number of benzene rings is 1. The Morgan fingerprint density at radius 1 is 1.24 bits per heavy atom. The number of H-pyrrole nitrogens is 1. The van der Waals surface area contributed by atoms with Crippen LogP contribution in [-0.4, -0.2) is 48.8 Å². The van der Waals surface area contributed by atoms with Crippen LogP contribution >= 0.6 is 11.8 Å². The van der Waals surface area contributed by atoms with Crippen molar-refractivity contribution >= 4 is 45.9 Å². The van der Waals surface area contributed by atoms with Crippen LogP contribution in [0.1, 0.15) is 12.8 Å². The Kier molecular flexibility index (Phi) is 5.44. The fourth-order valence-corrected chi connectivity index (χ4v) is 4.94. The van der Waals surface area contributed by atoms with Crippen LogP contribution < -0.4 is 21.9 Å². The van der Waals surface area contributed by atoms with E-state index in [9.17, 15) is 14.4 Å². The largest absolute Gasteiger partial charge is 0.431 e. The zero-order valence-corrected chi connectivity index (χ0v) is 18.8. The molecule has 1 aromatic carbocycles. The third-order valence-corrected chi connectivity index (χ3v) is 6.79. The maximum absolute atomic E-state index is 12.7. The first-order chi connectivity index (χ1) is 15.9. The Morgan fingerprint density at radius 3 is 2.73 bits per heavy atom. The number of piperidine rings is 1. The highest BCUT2D eigenvalue weighted by Gasteiger charge is 2.27. The number of thioether (sulfide) groups is 1. The number of hydrogen-bond donors (Lipinski definition) is 2. The fraction of sp³-hybridized carbons (Fsp3) is 0.381. The van der Waals surface area contributed by atoms with E-state index in [4.69, 9.17) is 10.2 Å². The van der Waals surface area contributed by atoms with Gasteiger partial charge in [-0.15, -0.1) is 0 Å². The highest BCUT2D eigenvalue weighted by Crippen LogP contribution is 2.27. The second-order valence-corrected chi connectivity index (χ2v) is 9.06. The third kappa shape index (κ3) is 3.90. The minimum atomic E-state index is -0.517. The van der Waals surface area contributed by atoms with Crippen LogP contribution in [-0.2, 0) is 18.4 Å². The van der Waals surface area contributed by atoms with Gasteiger partial charge in [0.25, 0.3) is 10.8 Å². The third-order valence-electron chi connectivity index (χ3n) is 5.98. The van der Waals surface area contributed by atoms with Gasteiger partial charge in [-0.05, 0) is 25.0 Å². The monoisotopic (exact) mass is 469 g/mol. The number of nitrogens with zero attached hydrogens (tertiary/aromatic N) is 5. The molecule has 0 bridgehead atoms. The molecular weight excluding hydrogens is 446 g/mol. The highest BCUT2D eigenvalue weighted by molar-refractivity contribution is 7.99. The van der Waals surface area contributed by atoms with E-state index in [2.05, 4.69) is 15.0 Å². The van der Waals surface area contributed by atoms with E-state index in [1.54, 1.807) is 7.05 Å². The van der Waals surface area contributed by atoms with Gasteiger partial charge in [-0.1, -0.05) is 23.9 Å². The number of hydrogen-bond acceptors (Lipinski definition) is 8.